The van der Waals surface area contributed by atoms with Crippen molar-refractivity contribution in [3.05, 3.63) is 59.9 Å². The SMILES string of the molecule is FC(F)(F)c1ccc(C[n+]2ccc(N3CCCC3)cc2)cc1. The quantitative estimate of drug-likeness (QED) is 0.785. The van der Waals surface area contributed by atoms with Crippen molar-refractivity contribution in [1.82, 2.24) is 0 Å². The van der Waals surface area contributed by atoms with Crippen molar-refractivity contribution in [3.8, 4) is 0 Å². The number of nitrogens with zero attached hydrogens (tertiary/aromatic N) is 2. The molecule has 1 fully saturated rings. The zero-order valence-corrected chi connectivity index (χ0v) is 12.2. The molecule has 1 saturated heterocycles. The van der Waals surface area contributed by atoms with Crippen LogP contribution in [0.5, 0.6) is 0 Å². The highest BCUT2D eigenvalue weighted by molar-refractivity contribution is 5.44. The molecular weight excluding hydrogens is 289 g/mol. The van der Waals surface area contributed by atoms with Gasteiger partial charge in [0.05, 0.1) is 5.56 Å². The van der Waals surface area contributed by atoms with Crippen molar-refractivity contribution in [2.24, 2.45) is 0 Å². The van der Waals surface area contributed by atoms with E-state index in [4.69, 9.17) is 0 Å². The number of pyridine rings is 1. The number of anilines is 1. The number of hydrogen-bond donors (Lipinski definition) is 0. The van der Waals surface area contributed by atoms with E-state index in [1.807, 2.05) is 17.0 Å². The van der Waals surface area contributed by atoms with Crippen LogP contribution in [0.15, 0.2) is 48.8 Å². The molecule has 2 heterocycles. The third-order valence-electron chi connectivity index (χ3n) is 3.99. The van der Waals surface area contributed by atoms with E-state index in [1.54, 1.807) is 0 Å². The summed E-state index contributed by atoms with van der Waals surface area (Å²) in [6.45, 7) is 2.77. The molecule has 2 aromatic rings. The minimum absolute atomic E-state index is 0.568. The average Bonchev–Trinajstić information content (AvgIpc) is 3.02. The number of benzene rings is 1. The summed E-state index contributed by atoms with van der Waals surface area (Å²) in [5.41, 5.74) is 1.46. The average molecular weight is 307 g/mol. The van der Waals surface area contributed by atoms with Gasteiger partial charge in [0.25, 0.3) is 0 Å². The summed E-state index contributed by atoms with van der Waals surface area (Å²) in [5, 5.41) is 0. The van der Waals surface area contributed by atoms with E-state index in [0.717, 1.165) is 30.8 Å². The van der Waals surface area contributed by atoms with E-state index in [0.29, 0.717) is 6.54 Å². The van der Waals surface area contributed by atoms with Gasteiger partial charge in [-0.25, -0.2) is 4.57 Å². The molecule has 0 radical (unpaired) electrons. The maximum atomic E-state index is 12.5. The molecule has 1 aromatic heterocycles. The highest BCUT2D eigenvalue weighted by Gasteiger charge is 2.30. The summed E-state index contributed by atoms with van der Waals surface area (Å²) in [7, 11) is 0. The van der Waals surface area contributed by atoms with Crippen molar-refractivity contribution >= 4 is 5.69 Å². The number of alkyl halides is 3. The topological polar surface area (TPSA) is 7.12 Å². The predicted molar refractivity (Wildman–Crippen MR) is 78.6 cm³/mol. The fourth-order valence-corrected chi connectivity index (χ4v) is 2.75. The van der Waals surface area contributed by atoms with Gasteiger partial charge >= 0.3 is 6.18 Å². The molecule has 0 saturated carbocycles. The minimum Gasteiger partial charge on any atom is -0.371 e. The Morgan fingerprint density at radius 1 is 0.909 bits per heavy atom. The lowest BCUT2D eigenvalue weighted by atomic mass is 10.1. The lowest BCUT2D eigenvalue weighted by molar-refractivity contribution is -0.688. The standard InChI is InChI=1S/C17H18F3N2/c18-17(19,20)15-5-3-14(4-6-15)13-21-11-7-16(8-12-21)22-9-1-2-10-22/h3-8,11-12H,1-2,9-10,13H2/q+1. The van der Waals surface area contributed by atoms with Crippen LogP contribution in [0.4, 0.5) is 18.9 Å². The molecule has 116 valence electrons. The third kappa shape index (κ3) is 3.40. The lowest BCUT2D eigenvalue weighted by Crippen LogP contribution is -2.33. The normalized spacial score (nSPS) is 15.3. The molecule has 0 amide bonds. The van der Waals surface area contributed by atoms with Gasteiger partial charge in [-0.15, -0.1) is 0 Å². The van der Waals surface area contributed by atoms with E-state index in [9.17, 15) is 13.2 Å². The molecule has 22 heavy (non-hydrogen) atoms. The fourth-order valence-electron chi connectivity index (χ4n) is 2.75. The summed E-state index contributed by atoms with van der Waals surface area (Å²) in [6, 6.07) is 9.46. The second kappa shape index (κ2) is 5.99. The second-order valence-electron chi connectivity index (χ2n) is 5.62. The van der Waals surface area contributed by atoms with Gasteiger partial charge in [0.15, 0.2) is 18.9 Å². The highest BCUT2D eigenvalue weighted by Crippen LogP contribution is 2.29. The predicted octanol–water partition coefficient (Wildman–Crippen LogP) is 3.64. The van der Waals surface area contributed by atoms with Crippen molar-refractivity contribution in [3.63, 3.8) is 0 Å². The molecule has 0 bridgehead atoms. The van der Waals surface area contributed by atoms with E-state index in [2.05, 4.69) is 17.0 Å². The first-order valence-corrected chi connectivity index (χ1v) is 7.42. The van der Waals surface area contributed by atoms with Gasteiger partial charge < -0.3 is 4.90 Å². The number of aromatic nitrogens is 1. The van der Waals surface area contributed by atoms with Crippen LogP contribution in [0.2, 0.25) is 0 Å². The molecule has 0 spiro atoms. The number of rotatable bonds is 3. The van der Waals surface area contributed by atoms with Crippen LogP contribution in [0, 0.1) is 0 Å². The summed E-state index contributed by atoms with van der Waals surface area (Å²) in [5.74, 6) is 0. The van der Waals surface area contributed by atoms with Crippen molar-refractivity contribution in [2.75, 3.05) is 18.0 Å². The molecule has 0 N–H and O–H groups in total. The zero-order chi connectivity index (χ0) is 15.6. The minimum atomic E-state index is -4.27. The molecule has 0 atom stereocenters. The third-order valence-corrected chi connectivity index (χ3v) is 3.99. The highest BCUT2D eigenvalue weighted by atomic mass is 19.4. The van der Waals surface area contributed by atoms with Gasteiger partial charge in [0, 0.05) is 36.5 Å². The Morgan fingerprint density at radius 3 is 2.05 bits per heavy atom. The van der Waals surface area contributed by atoms with Gasteiger partial charge in [-0.05, 0) is 25.0 Å². The molecule has 0 unspecified atom stereocenters. The first kappa shape index (κ1) is 14.9. The van der Waals surface area contributed by atoms with Crippen LogP contribution in [0.1, 0.15) is 24.0 Å². The molecule has 0 aliphatic carbocycles. The van der Waals surface area contributed by atoms with Crippen molar-refractivity contribution < 1.29 is 17.7 Å². The Balaban J connectivity index is 1.67. The van der Waals surface area contributed by atoms with Crippen LogP contribution in [0.3, 0.4) is 0 Å². The van der Waals surface area contributed by atoms with Crippen molar-refractivity contribution in [2.45, 2.75) is 25.6 Å². The van der Waals surface area contributed by atoms with Gasteiger partial charge in [-0.2, -0.15) is 13.2 Å². The number of hydrogen-bond acceptors (Lipinski definition) is 1. The second-order valence-corrected chi connectivity index (χ2v) is 5.62. The molecule has 1 aromatic carbocycles. The summed E-state index contributed by atoms with van der Waals surface area (Å²) in [4.78, 5) is 2.35. The van der Waals surface area contributed by atoms with E-state index < -0.39 is 11.7 Å². The Labute approximate surface area is 127 Å². The van der Waals surface area contributed by atoms with Crippen molar-refractivity contribution in [1.29, 1.82) is 0 Å². The maximum Gasteiger partial charge on any atom is 0.416 e. The first-order chi connectivity index (χ1) is 10.5. The van der Waals surface area contributed by atoms with Crippen LogP contribution < -0.4 is 9.47 Å². The molecule has 1 aliphatic heterocycles. The molecule has 3 rings (SSSR count). The lowest BCUT2D eigenvalue weighted by Gasteiger charge is -2.16. The van der Waals surface area contributed by atoms with Gasteiger partial charge in [-0.1, -0.05) is 12.1 Å². The van der Waals surface area contributed by atoms with E-state index in [-0.39, 0.29) is 0 Å². The largest absolute Gasteiger partial charge is 0.416 e. The zero-order valence-electron chi connectivity index (χ0n) is 12.2. The van der Waals surface area contributed by atoms with Crippen LogP contribution in [0.25, 0.3) is 0 Å². The van der Waals surface area contributed by atoms with Crippen LogP contribution in [-0.2, 0) is 12.7 Å². The monoisotopic (exact) mass is 307 g/mol. The van der Waals surface area contributed by atoms with Crippen LogP contribution in [-0.4, -0.2) is 13.1 Å². The first-order valence-electron chi connectivity index (χ1n) is 7.42. The van der Waals surface area contributed by atoms with Crippen LogP contribution >= 0.6 is 0 Å². The smallest absolute Gasteiger partial charge is 0.371 e. The molecule has 5 heteroatoms. The Kier molecular flexibility index (Phi) is 4.05. The molecule has 1 aliphatic rings. The van der Waals surface area contributed by atoms with Gasteiger partial charge in [0.2, 0.25) is 0 Å². The molecular formula is C17H18F3N2+. The maximum absolute atomic E-state index is 12.5. The fraction of sp³-hybridized carbons (Fsp3) is 0.353. The Bertz CT molecular complexity index is 612. The van der Waals surface area contributed by atoms with E-state index >= 15 is 0 Å². The van der Waals surface area contributed by atoms with E-state index in [1.165, 1.54) is 30.7 Å². The van der Waals surface area contributed by atoms with Gasteiger partial charge in [0.1, 0.15) is 0 Å². The Hall–Kier alpha value is -2.04. The number of halogens is 3. The molecule has 2 nitrogen and oxygen atoms in total. The summed E-state index contributed by atoms with van der Waals surface area (Å²) in [6.07, 6.45) is 2.15. The summed E-state index contributed by atoms with van der Waals surface area (Å²) < 4.78 is 39.6. The van der Waals surface area contributed by atoms with Gasteiger partial charge in [-0.3, -0.25) is 0 Å². The summed E-state index contributed by atoms with van der Waals surface area (Å²) >= 11 is 0. The Morgan fingerprint density at radius 2 is 1.50 bits per heavy atom.